The van der Waals surface area contributed by atoms with Gasteiger partial charge in [0.1, 0.15) is 6.61 Å². The van der Waals surface area contributed by atoms with Crippen LogP contribution in [0.1, 0.15) is 27.3 Å². The van der Waals surface area contributed by atoms with E-state index in [1.165, 1.54) is 17.8 Å². The summed E-state index contributed by atoms with van der Waals surface area (Å²) in [4.78, 5) is 23.5. The standard InChI is InChI=1S/C24H24FN5O2S/c1-16-14-17(2)30-23(26-16)27-24(28-30)33-15-18-8-4-5-9-19(18)22(31)29(3)12-13-32-21-11-7-6-10-20(21)25/h4-11,14H,12-13,15H2,1-3H3. The van der Waals surface area contributed by atoms with Gasteiger partial charge in [-0.05, 0) is 43.7 Å². The van der Waals surface area contributed by atoms with Crippen molar-refractivity contribution in [2.75, 3.05) is 20.2 Å². The van der Waals surface area contributed by atoms with Crippen molar-refractivity contribution in [2.45, 2.75) is 24.8 Å². The summed E-state index contributed by atoms with van der Waals surface area (Å²) in [5.41, 5.74) is 3.34. The van der Waals surface area contributed by atoms with E-state index in [0.29, 0.717) is 28.8 Å². The van der Waals surface area contributed by atoms with E-state index in [-0.39, 0.29) is 18.3 Å². The highest BCUT2D eigenvalue weighted by Gasteiger charge is 2.17. The number of rotatable bonds is 8. The van der Waals surface area contributed by atoms with E-state index in [2.05, 4.69) is 15.1 Å². The van der Waals surface area contributed by atoms with Crippen molar-refractivity contribution in [1.82, 2.24) is 24.5 Å². The van der Waals surface area contributed by atoms with Crippen LogP contribution in [-0.2, 0) is 5.75 Å². The lowest BCUT2D eigenvalue weighted by atomic mass is 10.1. The van der Waals surface area contributed by atoms with E-state index >= 15 is 0 Å². The van der Waals surface area contributed by atoms with Crippen molar-refractivity contribution >= 4 is 23.4 Å². The molecule has 33 heavy (non-hydrogen) atoms. The third kappa shape index (κ3) is 5.31. The monoisotopic (exact) mass is 465 g/mol. The molecule has 0 aliphatic heterocycles. The summed E-state index contributed by atoms with van der Waals surface area (Å²) in [6.07, 6.45) is 0. The molecule has 0 radical (unpaired) electrons. The molecule has 0 atom stereocenters. The average molecular weight is 466 g/mol. The highest BCUT2D eigenvalue weighted by Crippen LogP contribution is 2.23. The quantitative estimate of drug-likeness (QED) is 0.361. The molecule has 4 rings (SSSR count). The highest BCUT2D eigenvalue weighted by molar-refractivity contribution is 7.98. The van der Waals surface area contributed by atoms with Gasteiger partial charge < -0.3 is 9.64 Å². The van der Waals surface area contributed by atoms with E-state index < -0.39 is 5.82 Å². The summed E-state index contributed by atoms with van der Waals surface area (Å²) in [6, 6.07) is 15.6. The Kier molecular flexibility index (Phi) is 6.88. The number of likely N-dealkylation sites (N-methyl/N-ethyl adjacent to an activating group) is 1. The fourth-order valence-corrected chi connectivity index (χ4v) is 4.19. The summed E-state index contributed by atoms with van der Waals surface area (Å²) in [5, 5.41) is 5.12. The first-order valence-electron chi connectivity index (χ1n) is 10.5. The molecule has 0 aliphatic rings. The molecule has 0 saturated carbocycles. The van der Waals surface area contributed by atoms with Crippen LogP contribution in [0.5, 0.6) is 5.75 Å². The van der Waals surface area contributed by atoms with Crippen LogP contribution in [0, 0.1) is 19.7 Å². The number of hydrogen-bond acceptors (Lipinski definition) is 6. The van der Waals surface area contributed by atoms with Crippen molar-refractivity contribution < 1.29 is 13.9 Å². The zero-order valence-corrected chi connectivity index (χ0v) is 19.5. The summed E-state index contributed by atoms with van der Waals surface area (Å²) < 4.78 is 20.9. The number of benzene rings is 2. The number of hydrogen-bond donors (Lipinski definition) is 0. The fraction of sp³-hybridized carbons (Fsp3) is 0.250. The number of fused-ring (bicyclic) bond motifs is 1. The van der Waals surface area contributed by atoms with Gasteiger partial charge in [-0.15, -0.1) is 5.10 Å². The van der Waals surface area contributed by atoms with Crippen molar-refractivity contribution in [1.29, 1.82) is 0 Å². The molecule has 0 aliphatic carbocycles. The molecule has 0 fully saturated rings. The van der Waals surface area contributed by atoms with Crippen LogP contribution in [0.25, 0.3) is 5.78 Å². The first kappa shape index (κ1) is 22.7. The van der Waals surface area contributed by atoms with Gasteiger partial charge in [0.2, 0.25) is 5.16 Å². The first-order chi connectivity index (χ1) is 15.9. The van der Waals surface area contributed by atoms with Gasteiger partial charge in [0, 0.05) is 29.8 Å². The lowest BCUT2D eigenvalue weighted by molar-refractivity contribution is 0.0772. The van der Waals surface area contributed by atoms with Crippen molar-refractivity contribution in [3.05, 3.63) is 82.9 Å². The number of para-hydroxylation sites is 1. The fourth-order valence-electron chi connectivity index (χ4n) is 3.37. The van der Waals surface area contributed by atoms with Crippen LogP contribution in [-0.4, -0.2) is 50.6 Å². The number of aromatic nitrogens is 4. The van der Waals surface area contributed by atoms with E-state index in [1.807, 2.05) is 38.1 Å². The summed E-state index contributed by atoms with van der Waals surface area (Å²) in [7, 11) is 1.71. The Balaban J connectivity index is 1.40. The second kappa shape index (κ2) is 9.99. The van der Waals surface area contributed by atoms with E-state index in [4.69, 9.17) is 4.74 Å². The number of nitrogens with zero attached hydrogens (tertiary/aromatic N) is 5. The Morgan fingerprint density at radius 3 is 2.70 bits per heavy atom. The van der Waals surface area contributed by atoms with Gasteiger partial charge in [0.15, 0.2) is 11.6 Å². The Morgan fingerprint density at radius 1 is 1.12 bits per heavy atom. The van der Waals surface area contributed by atoms with Crippen LogP contribution in [0.3, 0.4) is 0 Å². The predicted octanol–water partition coefficient (Wildman–Crippen LogP) is 4.32. The summed E-state index contributed by atoms with van der Waals surface area (Å²) >= 11 is 1.45. The summed E-state index contributed by atoms with van der Waals surface area (Å²) in [5.74, 6) is 0.731. The van der Waals surface area contributed by atoms with E-state index in [1.54, 1.807) is 40.7 Å². The molecular formula is C24H24FN5O2S. The molecule has 0 N–H and O–H groups in total. The van der Waals surface area contributed by atoms with Crippen molar-refractivity contribution in [3.63, 3.8) is 0 Å². The number of carbonyl (C=O) groups is 1. The molecule has 2 aromatic heterocycles. The SMILES string of the molecule is Cc1cc(C)n2nc(SCc3ccccc3C(=O)N(C)CCOc3ccccc3F)nc2n1. The molecule has 1 amide bonds. The molecule has 0 unspecified atom stereocenters. The second-order valence-corrected chi connectivity index (χ2v) is 8.54. The van der Waals surface area contributed by atoms with E-state index in [0.717, 1.165) is 17.0 Å². The van der Waals surface area contributed by atoms with Crippen LogP contribution >= 0.6 is 11.8 Å². The molecule has 2 heterocycles. The molecule has 0 bridgehead atoms. The number of thioether (sulfide) groups is 1. The van der Waals surface area contributed by atoms with Crippen molar-refractivity contribution in [2.24, 2.45) is 0 Å². The minimum absolute atomic E-state index is 0.126. The maximum absolute atomic E-state index is 13.7. The number of carbonyl (C=O) groups excluding carboxylic acids is 1. The maximum Gasteiger partial charge on any atom is 0.254 e. The van der Waals surface area contributed by atoms with Gasteiger partial charge in [0.05, 0.1) is 6.54 Å². The van der Waals surface area contributed by atoms with Gasteiger partial charge >= 0.3 is 0 Å². The van der Waals surface area contributed by atoms with Crippen LogP contribution in [0.2, 0.25) is 0 Å². The molecule has 4 aromatic rings. The summed E-state index contributed by atoms with van der Waals surface area (Å²) in [6.45, 7) is 4.41. The van der Waals surface area contributed by atoms with Gasteiger partial charge in [0.25, 0.3) is 11.7 Å². The Hall–Kier alpha value is -3.46. The normalized spacial score (nSPS) is 11.0. The van der Waals surface area contributed by atoms with Gasteiger partial charge in [-0.2, -0.15) is 4.98 Å². The molecular weight excluding hydrogens is 441 g/mol. The molecule has 2 aromatic carbocycles. The zero-order valence-electron chi connectivity index (χ0n) is 18.7. The predicted molar refractivity (Wildman–Crippen MR) is 125 cm³/mol. The number of halogens is 1. The van der Waals surface area contributed by atoms with Crippen LogP contribution in [0.4, 0.5) is 4.39 Å². The second-order valence-electron chi connectivity index (χ2n) is 7.60. The highest BCUT2D eigenvalue weighted by atomic mass is 32.2. The largest absolute Gasteiger partial charge is 0.489 e. The van der Waals surface area contributed by atoms with Crippen molar-refractivity contribution in [3.8, 4) is 5.75 Å². The number of amides is 1. The zero-order chi connectivity index (χ0) is 23.4. The Morgan fingerprint density at radius 2 is 1.88 bits per heavy atom. The minimum Gasteiger partial charge on any atom is -0.489 e. The number of aryl methyl sites for hydroxylation is 2. The third-order valence-corrected chi connectivity index (χ3v) is 5.96. The van der Waals surface area contributed by atoms with E-state index in [9.17, 15) is 9.18 Å². The molecule has 7 nitrogen and oxygen atoms in total. The first-order valence-corrected chi connectivity index (χ1v) is 11.5. The van der Waals surface area contributed by atoms with Crippen LogP contribution in [0.15, 0.2) is 59.8 Å². The Labute approximate surface area is 195 Å². The molecule has 170 valence electrons. The van der Waals surface area contributed by atoms with Gasteiger partial charge in [-0.25, -0.2) is 13.9 Å². The van der Waals surface area contributed by atoms with Crippen LogP contribution < -0.4 is 4.74 Å². The smallest absolute Gasteiger partial charge is 0.254 e. The molecule has 0 saturated heterocycles. The lowest BCUT2D eigenvalue weighted by Gasteiger charge is -2.19. The van der Waals surface area contributed by atoms with Gasteiger partial charge in [-0.1, -0.05) is 42.1 Å². The molecule has 9 heteroatoms. The lowest BCUT2D eigenvalue weighted by Crippen LogP contribution is -2.31. The third-order valence-electron chi connectivity index (χ3n) is 5.07. The average Bonchev–Trinajstić information content (AvgIpc) is 3.22. The molecule has 0 spiro atoms. The van der Waals surface area contributed by atoms with Gasteiger partial charge in [-0.3, -0.25) is 4.79 Å². The minimum atomic E-state index is -0.421. The Bertz CT molecular complexity index is 1290. The number of ether oxygens (including phenoxy) is 1. The topological polar surface area (TPSA) is 72.6 Å². The maximum atomic E-state index is 13.7.